The molecular formula is C17H14N4O. The van der Waals surface area contributed by atoms with Crippen LogP contribution in [0.15, 0.2) is 42.5 Å². The number of allylic oxidation sites excluding steroid dienone is 1. The van der Waals surface area contributed by atoms with Gasteiger partial charge in [-0.15, -0.1) is 10.2 Å². The molecule has 1 atom stereocenters. The van der Waals surface area contributed by atoms with Crippen molar-refractivity contribution in [2.75, 3.05) is 0 Å². The van der Waals surface area contributed by atoms with Crippen LogP contribution in [-0.2, 0) is 11.3 Å². The van der Waals surface area contributed by atoms with E-state index >= 15 is 0 Å². The minimum absolute atomic E-state index is 0.0729. The topological polar surface area (TPSA) is 60.7 Å². The van der Waals surface area contributed by atoms with Crippen LogP contribution in [0.25, 0.3) is 16.8 Å². The third kappa shape index (κ3) is 2.02. The Morgan fingerprint density at radius 1 is 1.23 bits per heavy atom. The van der Waals surface area contributed by atoms with Crippen LogP contribution < -0.4 is 0 Å². The summed E-state index contributed by atoms with van der Waals surface area (Å²) in [7, 11) is 0. The molecule has 0 bridgehead atoms. The molecule has 1 heterocycles. The summed E-state index contributed by atoms with van der Waals surface area (Å²) in [5, 5.41) is 14.0. The number of hydrogen-bond donors (Lipinski definition) is 0. The lowest BCUT2D eigenvalue weighted by atomic mass is 9.91. The highest BCUT2D eigenvalue weighted by molar-refractivity contribution is 6.00. The van der Waals surface area contributed by atoms with Crippen molar-refractivity contribution < 1.29 is 4.79 Å². The summed E-state index contributed by atoms with van der Waals surface area (Å²) in [4.78, 5) is 14.0. The summed E-state index contributed by atoms with van der Waals surface area (Å²) in [5.74, 6) is 0.400. The van der Waals surface area contributed by atoms with Gasteiger partial charge in [0.15, 0.2) is 11.6 Å². The first kappa shape index (κ1) is 12.9. The summed E-state index contributed by atoms with van der Waals surface area (Å²) in [5.41, 5.74) is 2.19. The Hall–Kier alpha value is -2.82. The number of hydrogen-bond acceptors (Lipinski definition) is 4. The second-order valence-corrected chi connectivity index (χ2v) is 5.46. The fourth-order valence-corrected chi connectivity index (χ4v) is 3.00. The molecule has 0 saturated carbocycles. The summed E-state index contributed by atoms with van der Waals surface area (Å²) in [6.07, 6.45) is 3.98. The van der Waals surface area contributed by atoms with Gasteiger partial charge in [-0.05, 0) is 34.0 Å². The smallest absolute Gasteiger partial charge is 0.171 e. The van der Waals surface area contributed by atoms with Crippen LogP contribution in [0.4, 0.5) is 0 Å². The van der Waals surface area contributed by atoms with Gasteiger partial charge in [0, 0.05) is 0 Å². The Labute approximate surface area is 127 Å². The van der Waals surface area contributed by atoms with E-state index in [0.717, 1.165) is 21.9 Å². The van der Waals surface area contributed by atoms with Crippen molar-refractivity contribution in [2.45, 2.75) is 19.4 Å². The minimum atomic E-state index is -0.243. The predicted octanol–water partition coefficient (Wildman–Crippen LogP) is 2.51. The number of tetrazole rings is 1. The standard InChI is InChI=1S/C17H14N4O/c1-11-18-20-21(19-11)10-16(22)15-9-8-13-7-6-12-4-2-3-5-14(12)17(13)15/h2-9,15H,10H2,1H3. The van der Waals surface area contributed by atoms with E-state index in [4.69, 9.17) is 0 Å². The molecule has 0 spiro atoms. The molecule has 0 fully saturated rings. The Balaban J connectivity index is 1.73. The van der Waals surface area contributed by atoms with Crippen LogP contribution in [-0.4, -0.2) is 26.0 Å². The number of nitrogens with zero attached hydrogens (tertiary/aromatic N) is 4. The Morgan fingerprint density at radius 3 is 2.91 bits per heavy atom. The van der Waals surface area contributed by atoms with Gasteiger partial charge in [-0.2, -0.15) is 4.80 Å². The van der Waals surface area contributed by atoms with Crippen LogP contribution in [0.2, 0.25) is 0 Å². The quantitative estimate of drug-likeness (QED) is 0.743. The third-order valence-electron chi connectivity index (χ3n) is 3.98. The lowest BCUT2D eigenvalue weighted by Gasteiger charge is -2.12. The number of Topliss-reactive ketones (excluding diaryl/α,β-unsaturated/α-hetero) is 1. The van der Waals surface area contributed by atoms with E-state index in [1.807, 2.05) is 24.3 Å². The van der Waals surface area contributed by atoms with Crippen molar-refractivity contribution in [1.29, 1.82) is 0 Å². The number of benzene rings is 2. The molecule has 3 aromatic rings. The second kappa shape index (κ2) is 4.87. The largest absolute Gasteiger partial charge is 0.296 e. The normalized spacial score (nSPS) is 16.1. The number of aryl methyl sites for hydroxylation is 1. The van der Waals surface area contributed by atoms with Crippen LogP contribution in [0, 0.1) is 6.92 Å². The first-order valence-electron chi connectivity index (χ1n) is 7.19. The van der Waals surface area contributed by atoms with Gasteiger partial charge in [0.25, 0.3) is 0 Å². The minimum Gasteiger partial charge on any atom is -0.296 e. The van der Waals surface area contributed by atoms with Crippen LogP contribution >= 0.6 is 0 Å². The summed E-state index contributed by atoms with van der Waals surface area (Å²) in [6.45, 7) is 1.89. The maximum absolute atomic E-state index is 12.7. The van der Waals surface area contributed by atoms with E-state index in [-0.39, 0.29) is 18.2 Å². The van der Waals surface area contributed by atoms with Crippen molar-refractivity contribution in [3.63, 3.8) is 0 Å². The molecule has 5 nitrogen and oxygen atoms in total. The van der Waals surface area contributed by atoms with Crippen molar-refractivity contribution in [3.05, 3.63) is 59.4 Å². The first-order chi connectivity index (χ1) is 10.7. The summed E-state index contributed by atoms with van der Waals surface area (Å²) >= 11 is 0. The maximum atomic E-state index is 12.7. The molecule has 4 rings (SSSR count). The van der Waals surface area contributed by atoms with Gasteiger partial charge < -0.3 is 0 Å². The molecule has 2 aromatic carbocycles. The molecule has 0 N–H and O–H groups in total. The van der Waals surface area contributed by atoms with Gasteiger partial charge in [-0.1, -0.05) is 48.6 Å². The number of fused-ring (bicyclic) bond motifs is 3. The predicted molar refractivity (Wildman–Crippen MR) is 83.3 cm³/mol. The van der Waals surface area contributed by atoms with Gasteiger partial charge in [-0.25, -0.2) is 0 Å². The highest BCUT2D eigenvalue weighted by Gasteiger charge is 2.26. The molecule has 0 radical (unpaired) electrons. The Morgan fingerprint density at radius 2 is 2.09 bits per heavy atom. The lowest BCUT2D eigenvalue weighted by Crippen LogP contribution is -2.18. The van der Waals surface area contributed by atoms with Gasteiger partial charge in [0.1, 0.15) is 6.54 Å². The molecule has 1 unspecified atom stereocenters. The van der Waals surface area contributed by atoms with E-state index < -0.39 is 0 Å². The lowest BCUT2D eigenvalue weighted by molar-refractivity contribution is -0.120. The van der Waals surface area contributed by atoms with E-state index in [1.165, 1.54) is 4.80 Å². The number of aromatic nitrogens is 4. The summed E-state index contributed by atoms with van der Waals surface area (Å²) in [6, 6.07) is 12.3. The molecule has 1 aliphatic carbocycles. The SMILES string of the molecule is Cc1nnn(CC(=O)C2C=Cc3ccc4ccccc4c32)n1. The van der Waals surface area contributed by atoms with Gasteiger partial charge in [0.05, 0.1) is 5.92 Å². The Bertz CT molecular complexity index is 910. The maximum Gasteiger partial charge on any atom is 0.171 e. The third-order valence-corrected chi connectivity index (χ3v) is 3.98. The van der Waals surface area contributed by atoms with E-state index in [9.17, 15) is 4.79 Å². The van der Waals surface area contributed by atoms with Crippen molar-refractivity contribution in [3.8, 4) is 0 Å². The zero-order valence-electron chi connectivity index (χ0n) is 12.1. The van der Waals surface area contributed by atoms with E-state index in [2.05, 4.69) is 39.7 Å². The molecule has 1 aliphatic rings. The molecular weight excluding hydrogens is 276 g/mol. The molecule has 5 heteroatoms. The average molecular weight is 290 g/mol. The van der Waals surface area contributed by atoms with Gasteiger partial charge in [0.2, 0.25) is 0 Å². The summed E-state index contributed by atoms with van der Waals surface area (Å²) < 4.78 is 0. The zero-order chi connectivity index (χ0) is 15.1. The highest BCUT2D eigenvalue weighted by atomic mass is 16.1. The van der Waals surface area contributed by atoms with Crippen molar-refractivity contribution in [2.24, 2.45) is 0 Å². The zero-order valence-corrected chi connectivity index (χ0v) is 12.1. The van der Waals surface area contributed by atoms with Crippen LogP contribution in [0.3, 0.4) is 0 Å². The van der Waals surface area contributed by atoms with E-state index in [1.54, 1.807) is 6.92 Å². The van der Waals surface area contributed by atoms with Crippen molar-refractivity contribution in [1.82, 2.24) is 20.2 Å². The molecule has 0 aliphatic heterocycles. The van der Waals surface area contributed by atoms with Gasteiger partial charge >= 0.3 is 0 Å². The fraction of sp³-hybridized carbons (Fsp3) is 0.176. The molecule has 1 aromatic heterocycles. The number of rotatable bonds is 3. The van der Waals surface area contributed by atoms with Gasteiger partial charge in [-0.3, -0.25) is 4.79 Å². The number of carbonyl (C=O) groups is 1. The second-order valence-electron chi connectivity index (χ2n) is 5.46. The van der Waals surface area contributed by atoms with Crippen molar-refractivity contribution >= 4 is 22.6 Å². The Kier molecular flexibility index (Phi) is 2.85. The van der Waals surface area contributed by atoms with Crippen LogP contribution in [0.5, 0.6) is 0 Å². The number of ketones is 1. The number of carbonyl (C=O) groups excluding carboxylic acids is 1. The molecule has 22 heavy (non-hydrogen) atoms. The fourth-order valence-electron chi connectivity index (χ4n) is 3.00. The monoisotopic (exact) mass is 290 g/mol. The van der Waals surface area contributed by atoms with E-state index in [0.29, 0.717) is 5.82 Å². The molecule has 108 valence electrons. The average Bonchev–Trinajstić information content (AvgIpc) is 3.13. The first-order valence-corrected chi connectivity index (χ1v) is 7.19. The molecule has 0 amide bonds. The highest BCUT2D eigenvalue weighted by Crippen LogP contribution is 2.36. The van der Waals surface area contributed by atoms with Crippen LogP contribution in [0.1, 0.15) is 22.9 Å². The molecule has 0 saturated heterocycles.